The zero-order valence-electron chi connectivity index (χ0n) is 10.6. The lowest BCUT2D eigenvalue weighted by atomic mass is 10.1. The molecule has 1 N–H and O–H groups in total. The molecule has 1 unspecified atom stereocenters. The molecule has 0 bridgehead atoms. The summed E-state index contributed by atoms with van der Waals surface area (Å²) in [5, 5.41) is 13.9. The minimum atomic E-state index is -0.454. The highest BCUT2D eigenvalue weighted by Crippen LogP contribution is 2.29. The van der Waals surface area contributed by atoms with Gasteiger partial charge in [0.15, 0.2) is 0 Å². The van der Waals surface area contributed by atoms with E-state index in [9.17, 15) is 14.5 Å². The maximum absolute atomic E-state index is 13.2. The van der Waals surface area contributed by atoms with Gasteiger partial charge in [0.2, 0.25) is 0 Å². The summed E-state index contributed by atoms with van der Waals surface area (Å²) in [4.78, 5) is 10.3. The lowest BCUT2D eigenvalue weighted by molar-refractivity contribution is -0.385. The number of hydrogen-bond donors (Lipinski definition) is 1. The molecule has 0 saturated heterocycles. The van der Waals surface area contributed by atoms with Crippen LogP contribution in [0.5, 0.6) is 0 Å². The second-order valence-corrected chi connectivity index (χ2v) is 5.20. The normalized spacial score (nSPS) is 11.9. The number of rotatable bonds is 4. The molecule has 6 heteroatoms. The first-order chi connectivity index (χ1) is 9.47. The van der Waals surface area contributed by atoms with Gasteiger partial charge in [0.05, 0.1) is 9.40 Å². The second-order valence-electron chi connectivity index (χ2n) is 4.34. The first kappa shape index (κ1) is 14.5. The van der Waals surface area contributed by atoms with E-state index in [0.29, 0.717) is 4.47 Å². The van der Waals surface area contributed by atoms with Crippen molar-refractivity contribution in [1.82, 2.24) is 0 Å². The van der Waals surface area contributed by atoms with Crippen molar-refractivity contribution in [1.29, 1.82) is 0 Å². The summed E-state index contributed by atoms with van der Waals surface area (Å²) in [6.45, 7) is 1.89. The topological polar surface area (TPSA) is 55.2 Å². The number of nitro benzene ring substituents is 1. The van der Waals surface area contributed by atoms with Gasteiger partial charge in [-0.3, -0.25) is 10.1 Å². The van der Waals surface area contributed by atoms with Crippen molar-refractivity contribution in [2.45, 2.75) is 13.0 Å². The fourth-order valence-corrected chi connectivity index (χ4v) is 2.38. The molecule has 2 aromatic carbocycles. The molecule has 0 aliphatic heterocycles. The quantitative estimate of drug-likeness (QED) is 0.651. The maximum atomic E-state index is 13.2. The van der Waals surface area contributed by atoms with E-state index in [0.717, 1.165) is 11.3 Å². The SMILES string of the molecule is CC(Nc1ccc([N+](=O)[O-])c(Br)c1)c1cccc(F)c1. The minimum absolute atomic E-state index is 0.00830. The first-order valence-electron chi connectivity index (χ1n) is 5.93. The van der Waals surface area contributed by atoms with E-state index in [-0.39, 0.29) is 17.5 Å². The molecular weight excluding hydrogens is 327 g/mol. The van der Waals surface area contributed by atoms with Gasteiger partial charge in [0.1, 0.15) is 5.82 Å². The van der Waals surface area contributed by atoms with Gasteiger partial charge < -0.3 is 5.32 Å². The molecule has 0 aromatic heterocycles. The Hall–Kier alpha value is -1.95. The molecule has 0 spiro atoms. The molecule has 4 nitrogen and oxygen atoms in total. The summed E-state index contributed by atoms with van der Waals surface area (Å²) < 4.78 is 13.6. The van der Waals surface area contributed by atoms with Crippen molar-refractivity contribution in [3.8, 4) is 0 Å². The van der Waals surface area contributed by atoms with Crippen molar-refractivity contribution in [3.05, 3.63) is 68.4 Å². The smallest absolute Gasteiger partial charge is 0.283 e. The van der Waals surface area contributed by atoms with E-state index in [2.05, 4.69) is 21.2 Å². The highest BCUT2D eigenvalue weighted by Gasteiger charge is 2.13. The lowest BCUT2D eigenvalue weighted by Gasteiger charge is -2.16. The monoisotopic (exact) mass is 338 g/mol. The van der Waals surface area contributed by atoms with Gasteiger partial charge in [-0.15, -0.1) is 0 Å². The third kappa shape index (κ3) is 3.33. The van der Waals surface area contributed by atoms with Crippen molar-refractivity contribution < 1.29 is 9.31 Å². The molecule has 2 aromatic rings. The van der Waals surface area contributed by atoms with Crippen LogP contribution in [0.25, 0.3) is 0 Å². The Morgan fingerprint density at radius 2 is 2.05 bits per heavy atom. The summed E-state index contributed by atoms with van der Waals surface area (Å²) in [7, 11) is 0. The maximum Gasteiger partial charge on any atom is 0.283 e. The van der Waals surface area contributed by atoms with Crippen LogP contribution in [-0.2, 0) is 0 Å². The molecule has 1 atom stereocenters. The first-order valence-corrected chi connectivity index (χ1v) is 6.72. The number of nitrogens with one attached hydrogen (secondary N) is 1. The van der Waals surface area contributed by atoms with Gasteiger partial charge in [-0.25, -0.2) is 4.39 Å². The zero-order chi connectivity index (χ0) is 14.7. The van der Waals surface area contributed by atoms with Crippen LogP contribution in [0, 0.1) is 15.9 Å². The molecule has 0 heterocycles. The summed E-state index contributed by atoms with van der Waals surface area (Å²) in [5.74, 6) is -0.291. The number of nitrogens with zero attached hydrogens (tertiary/aromatic N) is 1. The lowest BCUT2D eigenvalue weighted by Crippen LogP contribution is -2.07. The van der Waals surface area contributed by atoms with E-state index < -0.39 is 4.92 Å². The van der Waals surface area contributed by atoms with Gasteiger partial charge in [0, 0.05) is 17.8 Å². The Labute approximate surface area is 123 Å². The Morgan fingerprint density at radius 3 is 2.65 bits per heavy atom. The minimum Gasteiger partial charge on any atom is -0.378 e. The van der Waals surface area contributed by atoms with Crippen LogP contribution in [0.15, 0.2) is 46.9 Å². The Kier molecular flexibility index (Phi) is 4.34. The van der Waals surface area contributed by atoms with E-state index in [1.165, 1.54) is 18.2 Å². The van der Waals surface area contributed by atoms with Crippen LogP contribution in [0.3, 0.4) is 0 Å². The van der Waals surface area contributed by atoms with Crippen LogP contribution in [0.4, 0.5) is 15.8 Å². The van der Waals surface area contributed by atoms with Crippen LogP contribution in [0.2, 0.25) is 0 Å². The summed E-state index contributed by atoms with van der Waals surface area (Å²) in [6.07, 6.45) is 0. The average Bonchev–Trinajstić information content (AvgIpc) is 2.38. The Bertz CT molecular complexity index is 649. The molecule has 104 valence electrons. The van der Waals surface area contributed by atoms with Gasteiger partial charge >= 0.3 is 0 Å². The van der Waals surface area contributed by atoms with Crippen molar-refractivity contribution in [2.24, 2.45) is 0 Å². The average molecular weight is 339 g/mol. The van der Waals surface area contributed by atoms with Crippen LogP contribution >= 0.6 is 15.9 Å². The van der Waals surface area contributed by atoms with Crippen molar-refractivity contribution in [3.63, 3.8) is 0 Å². The molecule has 0 radical (unpaired) electrons. The third-order valence-corrected chi connectivity index (χ3v) is 3.51. The van der Waals surface area contributed by atoms with Gasteiger partial charge in [-0.2, -0.15) is 0 Å². The second kappa shape index (κ2) is 6.00. The molecular formula is C14H12BrFN2O2. The highest BCUT2D eigenvalue weighted by molar-refractivity contribution is 9.10. The van der Waals surface area contributed by atoms with E-state index >= 15 is 0 Å². The number of hydrogen-bond acceptors (Lipinski definition) is 3. The number of anilines is 1. The summed E-state index contributed by atoms with van der Waals surface area (Å²) in [6, 6.07) is 10.9. The highest BCUT2D eigenvalue weighted by atomic mass is 79.9. The molecule has 0 fully saturated rings. The van der Waals surface area contributed by atoms with Crippen LogP contribution in [0.1, 0.15) is 18.5 Å². The van der Waals surface area contributed by atoms with Gasteiger partial charge in [-0.05, 0) is 52.7 Å². The van der Waals surface area contributed by atoms with Crippen molar-refractivity contribution in [2.75, 3.05) is 5.32 Å². The van der Waals surface area contributed by atoms with E-state index in [4.69, 9.17) is 0 Å². The largest absolute Gasteiger partial charge is 0.378 e. The van der Waals surface area contributed by atoms with Gasteiger partial charge in [0.25, 0.3) is 5.69 Å². The Morgan fingerprint density at radius 1 is 1.30 bits per heavy atom. The van der Waals surface area contributed by atoms with Gasteiger partial charge in [-0.1, -0.05) is 12.1 Å². The predicted molar refractivity (Wildman–Crippen MR) is 79.2 cm³/mol. The molecule has 0 aliphatic rings. The Balaban J connectivity index is 2.18. The van der Waals surface area contributed by atoms with Crippen LogP contribution < -0.4 is 5.32 Å². The predicted octanol–water partition coefficient (Wildman–Crippen LogP) is 4.67. The molecule has 0 aliphatic carbocycles. The number of halogens is 2. The zero-order valence-corrected chi connectivity index (χ0v) is 12.2. The van der Waals surface area contributed by atoms with Crippen molar-refractivity contribution >= 4 is 27.3 Å². The molecule has 0 saturated carbocycles. The third-order valence-electron chi connectivity index (χ3n) is 2.88. The van der Waals surface area contributed by atoms with E-state index in [1.807, 2.05) is 13.0 Å². The molecule has 2 rings (SSSR count). The summed E-state index contributed by atoms with van der Waals surface area (Å²) in [5.41, 5.74) is 1.53. The fourth-order valence-electron chi connectivity index (χ4n) is 1.85. The van der Waals surface area contributed by atoms with E-state index in [1.54, 1.807) is 18.2 Å². The molecule has 20 heavy (non-hydrogen) atoms. The standard InChI is InChI=1S/C14H12BrFN2O2/c1-9(10-3-2-4-11(16)7-10)17-12-5-6-14(18(19)20)13(15)8-12/h2-9,17H,1H3. The fraction of sp³-hybridized carbons (Fsp3) is 0.143. The van der Waals surface area contributed by atoms with Crippen LogP contribution in [-0.4, -0.2) is 4.92 Å². The number of nitro groups is 1. The molecule has 0 amide bonds. The number of benzene rings is 2. The summed E-state index contributed by atoms with van der Waals surface area (Å²) >= 11 is 3.16.